The number of nitrogens with two attached hydrogens (primary N) is 2. The van der Waals surface area contributed by atoms with Crippen molar-refractivity contribution in [1.29, 1.82) is 0 Å². The summed E-state index contributed by atoms with van der Waals surface area (Å²) in [6.45, 7) is 2.05. The first-order valence-electron chi connectivity index (χ1n) is 11.8. The molecule has 3 aromatic rings. The molecule has 0 aliphatic rings. The Morgan fingerprint density at radius 1 is 0.861 bits per heavy atom. The highest BCUT2D eigenvalue weighted by molar-refractivity contribution is 5.91. The molecule has 0 fully saturated rings. The molecule has 3 rings (SSSR count). The van der Waals surface area contributed by atoms with E-state index in [4.69, 9.17) is 11.5 Å². The van der Waals surface area contributed by atoms with E-state index in [1.165, 1.54) is 17.0 Å². The molecule has 0 aromatic heterocycles. The Balaban J connectivity index is 2.08. The number of aromatic hydroxyl groups is 1. The Kier molecular flexibility index (Phi) is 9.05. The molecule has 0 aliphatic carbocycles. The molecular formula is C28H32N4O4. The van der Waals surface area contributed by atoms with Gasteiger partial charge >= 0.3 is 5.97 Å². The summed E-state index contributed by atoms with van der Waals surface area (Å²) < 4.78 is 0. The standard InChI is InChI=1S/C28H32N4O4/c1-19(20-14-16-23(33)17-15-20)32(24(27(35)36)13-8-18-31-28(29)30)26(34)25(21-9-4-2-5-10-21)22-11-6-3-7-12-22/h2-7,9-12,14-17,19,24-25,33H,8,13,18H2,1H3,(H,35,36)(H4,29,30,31)/t19-,24-/m1/s1. The lowest BCUT2D eigenvalue weighted by atomic mass is 9.88. The summed E-state index contributed by atoms with van der Waals surface area (Å²) in [4.78, 5) is 32.3. The normalized spacial score (nSPS) is 12.5. The monoisotopic (exact) mass is 488 g/mol. The summed E-state index contributed by atoms with van der Waals surface area (Å²) in [5.74, 6) is -2.13. The molecule has 0 radical (unpaired) electrons. The van der Waals surface area contributed by atoms with Gasteiger partial charge in [-0.15, -0.1) is 0 Å². The van der Waals surface area contributed by atoms with Gasteiger partial charge in [0.15, 0.2) is 5.96 Å². The number of rotatable bonds is 11. The minimum Gasteiger partial charge on any atom is -0.508 e. The van der Waals surface area contributed by atoms with Gasteiger partial charge in [0.25, 0.3) is 0 Å². The zero-order chi connectivity index (χ0) is 26.1. The number of hydrogen-bond donors (Lipinski definition) is 4. The number of carbonyl (C=O) groups excluding carboxylic acids is 1. The van der Waals surface area contributed by atoms with Crippen LogP contribution in [0.1, 0.15) is 48.4 Å². The third-order valence-electron chi connectivity index (χ3n) is 6.11. The van der Waals surface area contributed by atoms with Gasteiger partial charge in [0.2, 0.25) is 5.91 Å². The zero-order valence-corrected chi connectivity index (χ0v) is 20.2. The van der Waals surface area contributed by atoms with E-state index in [1.54, 1.807) is 19.1 Å². The van der Waals surface area contributed by atoms with Crippen molar-refractivity contribution in [2.24, 2.45) is 16.5 Å². The Morgan fingerprint density at radius 2 is 1.39 bits per heavy atom. The molecule has 0 bridgehead atoms. The highest BCUT2D eigenvalue weighted by atomic mass is 16.4. The predicted molar refractivity (Wildman–Crippen MR) is 139 cm³/mol. The van der Waals surface area contributed by atoms with Crippen molar-refractivity contribution in [2.45, 2.75) is 37.8 Å². The van der Waals surface area contributed by atoms with Crippen molar-refractivity contribution in [1.82, 2.24) is 4.90 Å². The quantitative estimate of drug-likeness (QED) is 0.184. The van der Waals surface area contributed by atoms with Crippen molar-refractivity contribution in [3.63, 3.8) is 0 Å². The topological polar surface area (TPSA) is 142 Å². The number of benzene rings is 3. The highest BCUT2D eigenvalue weighted by Crippen LogP contribution is 2.34. The Bertz CT molecular complexity index is 1120. The zero-order valence-electron chi connectivity index (χ0n) is 20.2. The van der Waals surface area contributed by atoms with Gasteiger partial charge in [0.1, 0.15) is 11.8 Å². The van der Waals surface area contributed by atoms with E-state index >= 15 is 0 Å². The molecule has 0 unspecified atom stereocenters. The summed E-state index contributed by atoms with van der Waals surface area (Å²) in [5.41, 5.74) is 13.1. The Hall–Kier alpha value is -4.33. The summed E-state index contributed by atoms with van der Waals surface area (Å²) in [6, 6.07) is 23.4. The number of phenols is 1. The summed E-state index contributed by atoms with van der Waals surface area (Å²) in [7, 11) is 0. The van der Waals surface area contributed by atoms with Gasteiger partial charge in [0, 0.05) is 6.54 Å². The maximum Gasteiger partial charge on any atom is 0.326 e. The lowest BCUT2D eigenvalue weighted by Gasteiger charge is -2.37. The van der Waals surface area contributed by atoms with Crippen molar-refractivity contribution in [3.8, 4) is 5.75 Å². The maximum atomic E-state index is 14.4. The number of carboxylic acid groups (broad SMARTS) is 1. The maximum absolute atomic E-state index is 14.4. The minimum absolute atomic E-state index is 0.0690. The van der Waals surface area contributed by atoms with E-state index < -0.39 is 24.0 Å². The van der Waals surface area contributed by atoms with Crippen LogP contribution in [-0.2, 0) is 9.59 Å². The molecule has 0 heterocycles. The molecule has 8 heteroatoms. The van der Waals surface area contributed by atoms with Crippen LogP contribution in [0.3, 0.4) is 0 Å². The number of hydrogen-bond acceptors (Lipinski definition) is 4. The summed E-state index contributed by atoms with van der Waals surface area (Å²) >= 11 is 0. The van der Waals surface area contributed by atoms with Crippen LogP contribution < -0.4 is 11.5 Å². The van der Waals surface area contributed by atoms with E-state index in [2.05, 4.69) is 4.99 Å². The van der Waals surface area contributed by atoms with Crippen LogP contribution in [0.5, 0.6) is 5.75 Å². The van der Waals surface area contributed by atoms with Gasteiger partial charge in [-0.05, 0) is 48.6 Å². The molecule has 0 spiro atoms. The van der Waals surface area contributed by atoms with Crippen LogP contribution in [0.2, 0.25) is 0 Å². The van der Waals surface area contributed by atoms with Gasteiger partial charge in [-0.3, -0.25) is 9.79 Å². The first kappa shape index (κ1) is 26.3. The number of carboxylic acids is 1. The lowest BCUT2D eigenvalue weighted by Crippen LogP contribution is -2.48. The van der Waals surface area contributed by atoms with E-state index in [9.17, 15) is 19.8 Å². The first-order valence-corrected chi connectivity index (χ1v) is 11.8. The van der Waals surface area contributed by atoms with Gasteiger partial charge in [0.05, 0.1) is 12.0 Å². The molecule has 6 N–H and O–H groups in total. The molecule has 1 amide bonds. The Labute approximate surface area is 210 Å². The fourth-order valence-electron chi connectivity index (χ4n) is 4.32. The van der Waals surface area contributed by atoms with Crippen molar-refractivity contribution in [2.75, 3.05) is 6.54 Å². The third-order valence-corrected chi connectivity index (χ3v) is 6.11. The van der Waals surface area contributed by atoms with Crippen LogP contribution in [-0.4, -0.2) is 45.5 Å². The number of phenolic OH excluding ortho intramolecular Hbond substituents is 1. The Morgan fingerprint density at radius 3 is 1.86 bits per heavy atom. The number of aliphatic imine (C=N–C) groups is 1. The molecule has 0 saturated carbocycles. The van der Waals surface area contributed by atoms with Crippen LogP contribution in [0, 0.1) is 0 Å². The molecule has 188 valence electrons. The van der Waals surface area contributed by atoms with Gasteiger partial charge in [-0.1, -0.05) is 72.8 Å². The second-order valence-electron chi connectivity index (χ2n) is 8.57. The third kappa shape index (κ3) is 6.63. The fourth-order valence-corrected chi connectivity index (χ4v) is 4.32. The van der Waals surface area contributed by atoms with Crippen molar-refractivity contribution >= 4 is 17.8 Å². The van der Waals surface area contributed by atoms with E-state index in [-0.39, 0.29) is 30.6 Å². The van der Waals surface area contributed by atoms with Crippen molar-refractivity contribution in [3.05, 3.63) is 102 Å². The number of amides is 1. The largest absolute Gasteiger partial charge is 0.508 e. The SMILES string of the molecule is C[C@H](c1ccc(O)cc1)N(C(=O)C(c1ccccc1)c1ccccc1)[C@H](CCCN=C(N)N)C(=O)O. The number of nitrogens with zero attached hydrogens (tertiary/aromatic N) is 2. The molecule has 2 atom stereocenters. The van der Waals surface area contributed by atoms with E-state index in [0.717, 1.165) is 11.1 Å². The predicted octanol–water partition coefficient (Wildman–Crippen LogP) is 3.62. The molecule has 3 aromatic carbocycles. The highest BCUT2D eigenvalue weighted by Gasteiger charge is 2.38. The van der Waals surface area contributed by atoms with Crippen LogP contribution in [0.4, 0.5) is 0 Å². The second-order valence-corrected chi connectivity index (χ2v) is 8.57. The number of guanidine groups is 1. The van der Waals surface area contributed by atoms with Crippen LogP contribution in [0.15, 0.2) is 89.9 Å². The average molecular weight is 489 g/mol. The number of aliphatic carboxylic acids is 1. The fraction of sp³-hybridized carbons (Fsp3) is 0.250. The second kappa shape index (κ2) is 12.4. The minimum atomic E-state index is -1.12. The molecule has 0 aliphatic heterocycles. The molecule has 0 saturated heterocycles. The van der Waals surface area contributed by atoms with E-state index in [1.807, 2.05) is 60.7 Å². The van der Waals surface area contributed by atoms with Gasteiger partial charge < -0.3 is 26.6 Å². The first-order chi connectivity index (χ1) is 17.3. The van der Waals surface area contributed by atoms with E-state index in [0.29, 0.717) is 12.0 Å². The smallest absolute Gasteiger partial charge is 0.326 e. The number of carbonyl (C=O) groups is 2. The van der Waals surface area contributed by atoms with Gasteiger partial charge in [-0.2, -0.15) is 0 Å². The van der Waals surface area contributed by atoms with Gasteiger partial charge in [-0.25, -0.2) is 4.79 Å². The molecule has 36 heavy (non-hydrogen) atoms. The van der Waals surface area contributed by atoms with Crippen LogP contribution in [0.25, 0.3) is 0 Å². The van der Waals surface area contributed by atoms with Crippen molar-refractivity contribution < 1.29 is 19.8 Å². The molecule has 8 nitrogen and oxygen atoms in total. The average Bonchev–Trinajstić information content (AvgIpc) is 2.87. The van der Waals surface area contributed by atoms with Crippen LogP contribution >= 0.6 is 0 Å². The summed E-state index contributed by atoms with van der Waals surface area (Å²) in [5, 5.41) is 20.0. The molecular weight excluding hydrogens is 456 g/mol. The lowest BCUT2D eigenvalue weighted by molar-refractivity contribution is -0.153. The summed E-state index contributed by atoms with van der Waals surface area (Å²) in [6.07, 6.45) is 0.541.